The van der Waals surface area contributed by atoms with Crippen LogP contribution in [0.2, 0.25) is 0 Å². The summed E-state index contributed by atoms with van der Waals surface area (Å²) in [4.78, 5) is 12.0. The topological polar surface area (TPSA) is 37.3 Å². The van der Waals surface area contributed by atoms with E-state index < -0.39 is 0 Å². The van der Waals surface area contributed by atoms with Gasteiger partial charge in [0.2, 0.25) is 0 Å². The predicted molar refractivity (Wildman–Crippen MR) is 63.9 cm³/mol. The summed E-state index contributed by atoms with van der Waals surface area (Å²) < 4.78 is 0. The normalized spacial score (nSPS) is 43.0. The second kappa shape index (κ2) is 4.33. The van der Waals surface area contributed by atoms with Crippen LogP contribution in [0.5, 0.6) is 0 Å². The first-order valence-corrected chi connectivity index (χ1v) is 6.36. The van der Waals surface area contributed by atoms with Gasteiger partial charge < -0.3 is 5.11 Å². The number of carbonyl (C=O) groups excluding carboxylic acids is 1. The van der Waals surface area contributed by atoms with Crippen molar-refractivity contribution in [2.75, 3.05) is 0 Å². The van der Waals surface area contributed by atoms with E-state index in [0.717, 1.165) is 12.8 Å². The number of hydrogen-bond acceptors (Lipinski definition) is 2. The van der Waals surface area contributed by atoms with Crippen LogP contribution in [0.1, 0.15) is 40.0 Å². The van der Waals surface area contributed by atoms with Crippen LogP contribution in [0, 0.1) is 23.7 Å². The van der Waals surface area contributed by atoms with Gasteiger partial charge in [0.15, 0.2) is 0 Å². The van der Waals surface area contributed by atoms with Crippen LogP contribution in [0.3, 0.4) is 0 Å². The van der Waals surface area contributed by atoms with Crippen LogP contribution >= 0.6 is 0 Å². The largest absolute Gasteiger partial charge is 0.392 e. The molecule has 2 unspecified atom stereocenters. The van der Waals surface area contributed by atoms with E-state index in [2.05, 4.69) is 26.8 Å². The molecule has 0 aliphatic heterocycles. The molecule has 0 amide bonds. The maximum absolute atomic E-state index is 12.0. The first-order valence-electron chi connectivity index (χ1n) is 6.36. The zero-order valence-electron chi connectivity index (χ0n) is 10.4. The summed E-state index contributed by atoms with van der Waals surface area (Å²) in [6.45, 7) is 6.35. The van der Waals surface area contributed by atoms with Crippen molar-refractivity contribution in [3.8, 4) is 0 Å². The summed E-state index contributed by atoms with van der Waals surface area (Å²) in [6, 6.07) is 0. The fourth-order valence-corrected chi connectivity index (χ4v) is 3.63. The highest BCUT2D eigenvalue weighted by atomic mass is 16.3. The molecule has 2 nitrogen and oxygen atoms in total. The molecule has 0 aromatic heterocycles. The molecule has 0 aromatic carbocycles. The third-order valence-corrected chi connectivity index (χ3v) is 4.26. The van der Waals surface area contributed by atoms with Gasteiger partial charge in [-0.25, -0.2) is 0 Å². The van der Waals surface area contributed by atoms with E-state index in [9.17, 15) is 9.90 Å². The number of Topliss-reactive ketones (excluding diaryl/α,β-unsaturated/α-hetero) is 1. The lowest BCUT2D eigenvalue weighted by Crippen LogP contribution is -2.36. The van der Waals surface area contributed by atoms with E-state index in [0.29, 0.717) is 18.3 Å². The smallest absolute Gasteiger partial charge is 0.139 e. The molecule has 2 rings (SSSR count). The summed E-state index contributed by atoms with van der Waals surface area (Å²) in [5.41, 5.74) is 1.28. The Morgan fingerprint density at radius 2 is 2.06 bits per heavy atom. The van der Waals surface area contributed by atoms with Gasteiger partial charge in [-0.05, 0) is 44.4 Å². The molecule has 5 atom stereocenters. The lowest BCUT2D eigenvalue weighted by Gasteiger charge is -2.37. The number of aliphatic hydroxyl groups is 1. The Bertz CT molecular complexity index is 315. The second-order valence-electron chi connectivity index (χ2n) is 5.80. The van der Waals surface area contributed by atoms with E-state index in [1.807, 2.05) is 0 Å². The number of allylic oxidation sites excluding steroid dienone is 2. The van der Waals surface area contributed by atoms with E-state index in [1.54, 1.807) is 0 Å². The Balaban J connectivity index is 2.25. The molecule has 0 aromatic rings. The molecule has 2 aliphatic rings. The van der Waals surface area contributed by atoms with Crippen LogP contribution in [-0.2, 0) is 4.79 Å². The molecule has 2 fully saturated rings. The summed E-state index contributed by atoms with van der Waals surface area (Å²) in [7, 11) is 0. The van der Waals surface area contributed by atoms with Crippen molar-refractivity contribution >= 4 is 5.78 Å². The van der Waals surface area contributed by atoms with Crippen LogP contribution in [0.25, 0.3) is 0 Å². The Morgan fingerprint density at radius 1 is 1.38 bits per heavy atom. The monoisotopic (exact) mass is 222 g/mol. The molecule has 2 aliphatic carbocycles. The number of hydrogen-bond donors (Lipinski definition) is 1. The maximum Gasteiger partial charge on any atom is 0.139 e. The van der Waals surface area contributed by atoms with Crippen molar-refractivity contribution in [1.29, 1.82) is 0 Å². The molecule has 1 N–H and O–H groups in total. The average Bonchev–Trinajstić information content (AvgIpc) is 2.47. The summed E-state index contributed by atoms with van der Waals surface area (Å²) in [5.74, 6) is 1.45. The minimum Gasteiger partial charge on any atom is -0.392 e. The molecule has 16 heavy (non-hydrogen) atoms. The summed E-state index contributed by atoms with van der Waals surface area (Å²) in [6.07, 6.45) is 4.47. The van der Waals surface area contributed by atoms with Crippen molar-refractivity contribution in [1.82, 2.24) is 0 Å². The summed E-state index contributed by atoms with van der Waals surface area (Å²) >= 11 is 0. The second-order valence-corrected chi connectivity index (χ2v) is 5.80. The van der Waals surface area contributed by atoms with Gasteiger partial charge >= 0.3 is 0 Å². The van der Waals surface area contributed by atoms with Gasteiger partial charge in [0.05, 0.1) is 6.10 Å². The molecular formula is C14H22O2. The molecule has 2 saturated carbocycles. The van der Waals surface area contributed by atoms with Crippen molar-refractivity contribution in [3.63, 3.8) is 0 Å². The van der Waals surface area contributed by atoms with Gasteiger partial charge in [-0.2, -0.15) is 0 Å². The number of fused-ring (bicyclic) bond motifs is 1. The van der Waals surface area contributed by atoms with Crippen LogP contribution in [0.4, 0.5) is 0 Å². The zero-order chi connectivity index (χ0) is 11.9. The lowest BCUT2D eigenvalue weighted by molar-refractivity contribution is -0.123. The Labute approximate surface area is 97.7 Å². The van der Waals surface area contributed by atoms with E-state index in [4.69, 9.17) is 0 Å². The fourth-order valence-electron chi connectivity index (χ4n) is 3.63. The average molecular weight is 222 g/mol. The van der Waals surface area contributed by atoms with Gasteiger partial charge in [-0.15, -0.1) is 0 Å². The number of rotatable bonds is 1. The highest BCUT2D eigenvalue weighted by Crippen LogP contribution is 2.47. The van der Waals surface area contributed by atoms with Gasteiger partial charge in [0.25, 0.3) is 0 Å². The molecular weight excluding hydrogens is 200 g/mol. The highest BCUT2D eigenvalue weighted by molar-refractivity contribution is 5.85. The quantitative estimate of drug-likeness (QED) is 0.692. The van der Waals surface area contributed by atoms with E-state index >= 15 is 0 Å². The Hall–Kier alpha value is -0.630. The molecule has 0 radical (unpaired) electrons. The predicted octanol–water partition coefficient (Wildman–Crippen LogP) is 2.56. The lowest BCUT2D eigenvalue weighted by atomic mass is 9.67. The number of ketones is 1. The molecule has 2 heteroatoms. The SMILES string of the molecule is CC(C)=C[C@@H]1CC[C@@H](C)[C@H]2C(O)CC(=O)C21. The van der Waals surface area contributed by atoms with E-state index in [-0.39, 0.29) is 23.7 Å². The molecule has 0 saturated heterocycles. The summed E-state index contributed by atoms with van der Waals surface area (Å²) in [5, 5.41) is 9.98. The third kappa shape index (κ3) is 1.95. The van der Waals surface area contributed by atoms with Crippen LogP contribution < -0.4 is 0 Å². The van der Waals surface area contributed by atoms with Crippen molar-refractivity contribution in [3.05, 3.63) is 11.6 Å². The molecule has 90 valence electrons. The van der Waals surface area contributed by atoms with Crippen molar-refractivity contribution in [2.24, 2.45) is 23.7 Å². The minimum absolute atomic E-state index is 0.0913. The zero-order valence-corrected chi connectivity index (χ0v) is 10.4. The fraction of sp³-hybridized carbons (Fsp3) is 0.786. The maximum atomic E-state index is 12.0. The standard InChI is InChI=1S/C14H22O2/c1-8(2)6-10-5-4-9(3)13-11(15)7-12(16)14(10)13/h6,9-11,13-15H,4-5,7H2,1-3H3/t9-,10+,11?,13+,14?/m1/s1. The van der Waals surface area contributed by atoms with Crippen molar-refractivity contribution in [2.45, 2.75) is 46.1 Å². The minimum atomic E-state index is -0.388. The Morgan fingerprint density at radius 3 is 2.69 bits per heavy atom. The third-order valence-electron chi connectivity index (χ3n) is 4.26. The number of aliphatic hydroxyl groups excluding tert-OH is 1. The molecule has 0 spiro atoms. The van der Waals surface area contributed by atoms with Gasteiger partial charge in [0.1, 0.15) is 5.78 Å². The van der Waals surface area contributed by atoms with Gasteiger partial charge in [0, 0.05) is 12.3 Å². The Kier molecular flexibility index (Phi) is 3.20. The first-order chi connectivity index (χ1) is 7.50. The van der Waals surface area contributed by atoms with Gasteiger partial charge in [-0.1, -0.05) is 18.6 Å². The van der Waals surface area contributed by atoms with E-state index in [1.165, 1.54) is 5.57 Å². The number of carbonyl (C=O) groups is 1. The van der Waals surface area contributed by atoms with Crippen molar-refractivity contribution < 1.29 is 9.90 Å². The van der Waals surface area contributed by atoms with Crippen LogP contribution in [0.15, 0.2) is 11.6 Å². The molecule has 0 bridgehead atoms. The first kappa shape index (κ1) is 11.8. The molecule has 0 heterocycles. The van der Waals surface area contributed by atoms with Gasteiger partial charge in [-0.3, -0.25) is 4.79 Å². The van der Waals surface area contributed by atoms with Crippen LogP contribution in [-0.4, -0.2) is 17.0 Å². The highest BCUT2D eigenvalue weighted by Gasteiger charge is 2.49.